The van der Waals surface area contributed by atoms with Gasteiger partial charge in [-0.3, -0.25) is 13.8 Å². The minimum absolute atomic E-state index is 0.575. The first kappa shape index (κ1) is 11.7. The third-order valence-corrected chi connectivity index (χ3v) is 3.88. The lowest BCUT2D eigenvalue weighted by atomic mass is 10.4. The summed E-state index contributed by atoms with van der Waals surface area (Å²) in [4.78, 5) is 2.26. The molecule has 1 saturated heterocycles. The molecule has 1 aromatic heterocycles. The Labute approximate surface area is 97.2 Å². The van der Waals surface area contributed by atoms with Gasteiger partial charge in [0, 0.05) is 54.7 Å². The van der Waals surface area contributed by atoms with E-state index in [2.05, 4.69) is 15.2 Å². The van der Waals surface area contributed by atoms with E-state index in [1.165, 1.54) is 0 Å². The van der Waals surface area contributed by atoms with Gasteiger partial charge in [0.2, 0.25) is 0 Å². The van der Waals surface area contributed by atoms with E-state index in [1.807, 2.05) is 6.20 Å². The van der Waals surface area contributed by atoms with Crippen molar-refractivity contribution in [3.8, 4) is 0 Å². The van der Waals surface area contributed by atoms with E-state index >= 15 is 0 Å². The van der Waals surface area contributed by atoms with Crippen LogP contribution >= 0.6 is 0 Å². The summed E-state index contributed by atoms with van der Waals surface area (Å²) in [6.07, 6.45) is 1.93. The van der Waals surface area contributed by atoms with E-state index in [4.69, 9.17) is 5.73 Å². The lowest BCUT2D eigenvalue weighted by molar-refractivity contribution is 0.288. The molecule has 0 aromatic carbocycles. The number of hydrogen-bond acceptors (Lipinski definition) is 5. The standard InChI is InChI=1S/C9H17N5OS/c10-1-2-14-8-9(11-12-14)7-13-3-5-16(15)6-4-13/h8H,1-7,10H2. The molecule has 0 aliphatic carbocycles. The fraction of sp³-hybridized carbons (Fsp3) is 0.778. The maximum Gasteiger partial charge on any atom is 0.0967 e. The third kappa shape index (κ3) is 3.10. The topological polar surface area (TPSA) is 77.0 Å². The molecule has 90 valence electrons. The van der Waals surface area contributed by atoms with Crippen molar-refractivity contribution in [2.75, 3.05) is 31.1 Å². The highest BCUT2D eigenvalue weighted by atomic mass is 32.2. The molecule has 1 fully saturated rings. The Morgan fingerprint density at radius 3 is 2.88 bits per heavy atom. The first-order chi connectivity index (χ1) is 7.78. The Balaban J connectivity index is 1.86. The summed E-state index contributed by atoms with van der Waals surface area (Å²) in [5.74, 6) is 1.55. The minimum atomic E-state index is -0.616. The van der Waals surface area contributed by atoms with Crippen LogP contribution < -0.4 is 5.73 Å². The van der Waals surface area contributed by atoms with Crippen LogP contribution in [0.2, 0.25) is 0 Å². The predicted molar refractivity (Wildman–Crippen MR) is 62.2 cm³/mol. The van der Waals surface area contributed by atoms with E-state index in [1.54, 1.807) is 4.68 Å². The third-order valence-electron chi connectivity index (χ3n) is 2.60. The van der Waals surface area contributed by atoms with Gasteiger partial charge in [-0.25, -0.2) is 0 Å². The van der Waals surface area contributed by atoms with Gasteiger partial charge in [0.25, 0.3) is 0 Å². The van der Waals surface area contributed by atoms with Crippen molar-refractivity contribution in [3.63, 3.8) is 0 Å². The number of rotatable bonds is 4. The molecule has 0 spiro atoms. The van der Waals surface area contributed by atoms with Crippen molar-refractivity contribution >= 4 is 10.8 Å². The van der Waals surface area contributed by atoms with Crippen molar-refractivity contribution in [1.29, 1.82) is 0 Å². The molecule has 0 amide bonds. The maximum atomic E-state index is 11.2. The Kier molecular flexibility index (Phi) is 4.03. The van der Waals surface area contributed by atoms with Gasteiger partial charge in [-0.2, -0.15) is 0 Å². The molecule has 0 radical (unpaired) electrons. The molecule has 0 bridgehead atoms. The summed E-state index contributed by atoms with van der Waals surface area (Å²) in [7, 11) is -0.616. The van der Waals surface area contributed by atoms with E-state index in [-0.39, 0.29) is 0 Å². The van der Waals surface area contributed by atoms with Gasteiger partial charge in [-0.05, 0) is 0 Å². The molecule has 0 unspecified atom stereocenters. The second-order valence-electron chi connectivity index (χ2n) is 3.89. The summed E-state index contributed by atoms with van der Waals surface area (Å²) in [6, 6.07) is 0. The van der Waals surface area contributed by atoms with Crippen LogP contribution in [0.5, 0.6) is 0 Å². The van der Waals surface area contributed by atoms with Crippen molar-refractivity contribution < 1.29 is 4.21 Å². The van der Waals surface area contributed by atoms with Gasteiger partial charge >= 0.3 is 0 Å². The molecule has 6 nitrogen and oxygen atoms in total. The highest BCUT2D eigenvalue weighted by molar-refractivity contribution is 7.85. The van der Waals surface area contributed by atoms with Crippen LogP contribution in [0.25, 0.3) is 0 Å². The number of nitrogens with zero attached hydrogens (tertiary/aromatic N) is 4. The van der Waals surface area contributed by atoms with E-state index in [0.29, 0.717) is 13.1 Å². The molecule has 2 N–H and O–H groups in total. The van der Waals surface area contributed by atoms with Crippen LogP contribution in [-0.2, 0) is 23.9 Å². The van der Waals surface area contributed by atoms with Gasteiger partial charge in [0.05, 0.1) is 12.2 Å². The second-order valence-corrected chi connectivity index (χ2v) is 5.58. The van der Waals surface area contributed by atoms with Crippen molar-refractivity contribution in [2.45, 2.75) is 13.1 Å². The van der Waals surface area contributed by atoms with Crippen LogP contribution in [0.15, 0.2) is 6.20 Å². The van der Waals surface area contributed by atoms with Crippen LogP contribution in [0.1, 0.15) is 5.69 Å². The summed E-state index contributed by atoms with van der Waals surface area (Å²) in [6.45, 7) is 3.84. The average molecular weight is 243 g/mol. The lowest BCUT2D eigenvalue weighted by Crippen LogP contribution is -2.37. The van der Waals surface area contributed by atoms with Gasteiger partial charge in [0.1, 0.15) is 0 Å². The smallest absolute Gasteiger partial charge is 0.0967 e. The minimum Gasteiger partial charge on any atom is -0.329 e. The molecule has 2 rings (SSSR count). The zero-order valence-electron chi connectivity index (χ0n) is 9.21. The fourth-order valence-electron chi connectivity index (χ4n) is 1.72. The second kappa shape index (κ2) is 5.51. The summed E-state index contributed by atoms with van der Waals surface area (Å²) < 4.78 is 13.0. The molecular weight excluding hydrogens is 226 g/mol. The Morgan fingerprint density at radius 2 is 2.19 bits per heavy atom. The lowest BCUT2D eigenvalue weighted by Gasteiger charge is -2.24. The Bertz CT molecular complexity index is 357. The average Bonchev–Trinajstić information content (AvgIpc) is 2.70. The Morgan fingerprint density at radius 1 is 1.44 bits per heavy atom. The van der Waals surface area contributed by atoms with Crippen LogP contribution in [0.4, 0.5) is 0 Å². The van der Waals surface area contributed by atoms with Gasteiger partial charge < -0.3 is 5.73 Å². The van der Waals surface area contributed by atoms with Gasteiger partial charge in [0.15, 0.2) is 0 Å². The SMILES string of the molecule is NCCn1cc(CN2CCS(=O)CC2)nn1. The monoisotopic (exact) mass is 243 g/mol. The molecule has 1 aliphatic rings. The first-order valence-corrected chi connectivity index (χ1v) is 6.93. The van der Waals surface area contributed by atoms with Crippen molar-refractivity contribution in [1.82, 2.24) is 19.9 Å². The van der Waals surface area contributed by atoms with Crippen LogP contribution in [0, 0.1) is 0 Å². The molecule has 16 heavy (non-hydrogen) atoms. The molecule has 1 aliphatic heterocycles. The molecule has 0 saturated carbocycles. The predicted octanol–water partition coefficient (Wildman–Crippen LogP) is -1.20. The maximum absolute atomic E-state index is 11.2. The fourth-order valence-corrected chi connectivity index (χ4v) is 2.84. The Hall–Kier alpha value is -0.790. The van der Waals surface area contributed by atoms with E-state index in [9.17, 15) is 4.21 Å². The zero-order chi connectivity index (χ0) is 11.4. The van der Waals surface area contributed by atoms with Crippen molar-refractivity contribution in [2.24, 2.45) is 5.73 Å². The summed E-state index contributed by atoms with van der Waals surface area (Å²) >= 11 is 0. The normalized spacial score (nSPS) is 19.1. The number of hydrogen-bond donors (Lipinski definition) is 1. The highest BCUT2D eigenvalue weighted by Gasteiger charge is 2.16. The molecular formula is C9H17N5OS. The van der Waals surface area contributed by atoms with Crippen molar-refractivity contribution in [3.05, 3.63) is 11.9 Å². The highest BCUT2D eigenvalue weighted by Crippen LogP contribution is 2.05. The largest absolute Gasteiger partial charge is 0.329 e. The van der Waals surface area contributed by atoms with Gasteiger partial charge in [-0.15, -0.1) is 5.10 Å². The molecule has 2 heterocycles. The zero-order valence-corrected chi connectivity index (χ0v) is 10.0. The molecule has 7 heteroatoms. The van der Waals surface area contributed by atoms with Crippen LogP contribution in [-0.4, -0.2) is 55.2 Å². The van der Waals surface area contributed by atoms with Crippen LogP contribution in [0.3, 0.4) is 0 Å². The first-order valence-electron chi connectivity index (χ1n) is 5.44. The van der Waals surface area contributed by atoms with E-state index in [0.717, 1.165) is 36.8 Å². The van der Waals surface area contributed by atoms with Gasteiger partial charge in [-0.1, -0.05) is 5.21 Å². The summed E-state index contributed by atoms with van der Waals surface area (Å²) in [5, 5.41) is 8.07. The molecule has 0 atom stereocenters. The molecule has 1 aromatic rings. The quantitative estimate of drug-likeness (QED) is 0.719. The number of nitrogens with two attached hydrogens (primary N) is 1. The number of aromatic nitrogens is 3. The van der Waals surface area contributed by atoms with E-state index < -0.39 is 10.8 Å². The summed E-state index contributed by atoms with van der Waals surface area (Å²) in [5.41, 5.74) is 6.40.